The van der Waals surface area contributed by atoms with Gasteiger partial charge in [-0.15, -0.1) is 0 Å². The average molecular weight is 493 g/mol. The third-order valence-electron chi connectivity index (χ3n) is 6.21. The molecule has 184 valence electrons. The van der Waals surface area contributed by atoms with Gasteiger partial charge in [0.15, 0.2) is 0 Å². The number of barbiturate groups is 1. The molecule has 0 unspecified atom stereocenters. The van der Waals surface area contributed by atoms with Crippen LogP contribution in [-0.4, -0.2) is 28.3 Å². The van der Waals surface area contributed by atoms with E-state index in [-0.39, 0.29) is 18.0 Å². The van der Waals surface area contributed by atoms with Crippen molar-refractivity contribution in [3.8, 4) is 0 Å². The maximum Gasteiger partial charge on any atom is 0.335 e. The minimum Gasteiger partial charge on any atom is -0.337 e. The molecule has 37 heavy (non-hydrogen) atoms. The normalized spacial score (nSPS) is 14.8. The van der Waals surface area contributed by atoms with Gasteiger partial charge in [0.2, 0.25) is 5.91 Å². The molecular formula is C29H24N4O4. The van der Waals surface area contributed by atoms with Gasteiger partial charge in [-0.25, -0.2) is 9.69 Å². The quantitative estimate of drug-likeness (QED) is 0.306. The SMILES string of the molecule is CCc1ccccc1N1C(=O)NC(=O)/C(=C/c2cn(CC(=O)Nc3ccccc3)c3ccccc23)C1=O. The second kappa shape index (κ2) is 9.94. The van der Waals surface area contributed by atoms with Crippen LogP contribution in [0.5, 0.6) is 0 Å². The van der Waals surface area contributed by atoms with Gasteiger partial charge < -0.3 is 9.88 Å². The number of nitrogens with one attached hydrogen (secondary N) is 2. The van der Waals surface area contributed by atoms with Gasteiger partial charge >= 0.3 is 6.03 Å². The zero-order valence-electron chi connectivity index (χ0n) is 20.1. The highest BCUT2D eigenvalue weighted by Crippen LogP contribution is 2.28. The Bertz CT molecular complexity index is 1570. The molecule has 2 N–H and O–H groups in total. The summed E-state index contributed by atoms with van der Waals surface area (Å²) in [5, 5.41) is 5.91. The molecule has 0 radical (unpaired) electrons. The molecule has 1 fully saturated rings. The number of para-hydroxylation sites is 3. The Balaban J connectivity index is 1.50. The van der Waals surface area contributed by atoms with Gasteiger partial charge in [0.05, 0.1) is 5.69 Å². The van der Waals surface area contributed by atoms with E-state index in [4.69, 9.17) is 0 Å². The summed E-state index contributed by atoms with van der Waals surface area (Å²) in [6.45, 7) is 1.96. The first kappa shape index (κ1) is 23.7. The minimum absolute atomic E-state index is 0.0349. The number of carbonyl (C=O) groups excluding carboxylic acids is 4. The fourth-order valence-corrected chi connectivity index (χ4v) is 4.46. The number of hydrogen-bond donors (Lipinski definition) is 2. The number of urea groups is 1. The van der Waals surface area contributed by atoms with Gasteiger partial charge in [-0.2, -0.15) is 0 Å². The summed E-state index contributed by atoms with van der Waals surface area (Å²) in [5.74, 6) is -1.68. The molecule has 5 rings (SSSR count). The topological polar surface area (TPSA) is 101 Å². The number of fused-ring (bicyclic) bond motifs is 1. The molecule has 1 aliphatic rings. The van der Waals surface area contributed by atoms with Crippen LogP contribution >= 0.6 is 0 Å². The van der Waals surface area contributed by atoms with Crippen LogP contribution in [-0.2, 0) is 27.3 Å². The van der Waals surface area contributed by atoms with Gasteiger partial charge in [-0.3, -0.25) is 19.7 Å². The first-order chi connectivity index (χ1) is 18.0. The lowest BCUT2D eigenvalue weighted by molar-refractivity contribution is -0.122. The number of rotatable bonds is 6. The van der Waals surface area contributed by atoms with Crippen molar-refractivity contribution >= 4 is 52.1 Å². The first-order valence-corrected chi connectivity index (χ1v) is 11.9. The van der Waals surface area contributed by atoms with Crippen molar-refractivity contribution in [3.63, 3.8) is 0 Å². The molecule has 5 amide bonds. The lowest BCUT2D eigenvalue weighted by Crippen LogP contribution is -2.54. The molecule has 3 aromatic carbocycles. The van der Waals surface area contributed by atoms with Crippen LogP contribution in [0.1, 0.15) is 18.1 Å². The summed E-state index contributed by atoms with van der Waals surface area (Å²) in [6, 6.07) is 22.9. The van der Waals surface area contributed by atoms with Gasteiger partial charge in [0, 0.05) is 28.4 Å². The van der Waals surface area contributed by atoms with E-state index in [9.17, 15) is 19.2 Å². The second-order valence-corrected chi connectivity index (χ2v) is 8.58. The summed E-state index contributed by atoms with van der Waals surface area (Å²) in [5.41, 5.74) is 3.12. The first-order valence-electron chi connectivity index (χ1n) is 11.9. The summed E-state index contributed by atoms with van der Waals surface area (Å²) in [4.78, 5) is 52.6. The number of carbonyl (C=O) groups is 4. The van der Waals surface area contributed by atoms with Crippen molar-refractivity contribution in [1.82, 2.24) is 9.88 Å². The van der Waals surface area contributed by atoms with E-state index in [1.165, 1.54) is 6.08 Å². The Hall–Kier alpha value is -4.98. The van der Waals surface area contributed by atoms with Crippen LogP contribution in [0.4, 0.5) is 16.2 Å². The molecule has 8 nitrogen and oxygen atoms in total. The molecule has 1 saturated heterocycles. The third-order valence-corrected chi connectivity index (χ3v) is 6.21. The van der Waals surface area contributed by atoms with Crippen molar-refractivity contribution < 1.29 is 19.2 Å². The molecular weight excluding hydrogens is 468 g/mol. The predicted molar refractivity (Wildman–Crippen MR) is 142 cm³/mol. The van der Waals surface area contributed by atoms with Crippen molar-refractivity contribution in [3.05, 3.63) is 102 Å². The highest BCUT2D eigenvalue weighted by molar-refractivity contribution is 6.39. The lowest BCUT2D eigenvalue weighted by Gasteiger charge is -2.27. The second-order valence-electron chi connectivity index (χ2n) is 8.58. The molecule has 1 aromatic heterocycles. The van der Waals surface area contributed by atoms with E-state index >= 15 is 0 Å². The van der Waals surface area contributed by atoms with Gasteiger partial charge in [0.1, 0.15) is 12.1 Å². The number of imide groups is 2. The molecule has 0 spiro atoms. The van der Waals surface area contributed by atoms with E-state index in [0.717, 1.165) is 21.4 Å². The summed E-state index contributed by atoms with van der Waals surface area (Å²) in [7, 11) is 0. The third kappa shape index (κ3) is 4.64. The maximum atomic E-state index is 13.4. The fraction of sp³-hybridized carbons (Fsp3) is 0.103. The summed E-state index contributed by atoms with van der Waals surface area (Å²) < 4.78 is 1.76. The Morgan fingerprint density at radius 3 is 2.41 bits per heavy atom. The molecule has 0 bridgehead atoms. The van der Waals surface area contributed by atoms with Crippen molar-refractivity contribution in [2.24, 2.45) is 0 Å². The number of amides is 5. The molecule has 2 heterocycles. The van der Waals surface area contributed by atoms with Crippen LogP contribution in [0.15, 0.2) is 90.6 Å². The van der Waals surface area contributed by atoms with Crippen LogP contribution in [0, 0.1) is 0 Å². The van der Waals surface area contributed by atoms with Gasteiger partial charge in [-0.1, -0.05) is 61.5 Å². The number of benzene rings is 3. The smallest absolute Gasteiger partial charge is 0.335 e. The van der Waals surface area contributed by atoms with Crippen molar-refractivity contribution in [2.75, 3.05) is 10.2 Å². The van der Waals surface area contributed by atoms with E-state index in [1.54, 1.807) is 35.0 Å². The van der Waals surface area contributed by atoms with Crippen molar-refractivity contribution in [1.29, 1.82) is 0 Å². The Labute approximate surface area is 213 Å². The van der Waals surface area contributed by atoms with Crippen LogP contribution in [0.3, 0.4) is 0 Å². The highest BCUT2D eigenvalue weighted by atomic mass is 16.2. The zero-order chi connectivity index (χ0) is 25.9. The minimum atomic E-state index is -0.784. The maximum absolute atomic E-state index is 13.4. The number of nitrogens with zero attached hydrogens (tertiary/aromatic N) is 2. The fourth-order valence-electron chi connectivity index (χ4n) is 4.46. The molecule has 0 atom stereocenters. The van der Waals surface area contributed by atoms with Crippen molar-refractivity contribution in [2.45, 2.75) is 19.9 Å². The van der Waals surface area contributed by atoms with Crippen LogP contribution in [0.25, 0.3) is 17.0 Å². The highest BCUT2D eigenvalue weighted by Gasteiger charge is 2.37. The number of aryl methyl sites for hydroxylation is 1. The predicted octanol–water partition coefficient (Wildman–Crippen LogP) is 4.51. The Morgan fingerprint density at radius 1 is 0.919 bits per heavy atom. The van der Waals surface area contributed by atoms with Gasteiger partial charge in [-0.05, 0) is 42.3 Å². The van der Waals surface area contributed by atoms with E-state index in [0.29, 0.717) is 23.4 Å². The average Bonchev–Trinajstić information content (AvgIpc) is 3.24. The molecule has 0 saturated carbocycles. The van der Waals surface area contributed by atoms with Gasteiger partial charge in [0.25, 0.3) is 11.8 Å². The largest absolute Gasteiger partial charge is 0.337 e. The Morgan fingerprint density at radius 2 is 1.62 bits per heavy atom. The van der Waals surface area contributed by atoms with E-state index in [1.807, 2.05) is 61.5 Å². The Kier molecular flexibility index (Phi) is 6.38. The monoisotopic (exact) mass is 492 g/mol. The summed E-state index contributed by atoms with van der Waals surface area (Å²) >= 11 is 0. The summed E-state index contributed by atoms with van der Waals surface area (Å²) in [6.07, 6.45) is 3.81. The number of aromatic nitrogens is 1. The van der Waals surface area contributed by atoms with Crippen LogP contribution < -0.4 is 15.5 Å². The molecule has 8 heteroatoms. The number of hydrogen-bond acceptors (Lipinski definition) is 4. The lowest BCUT2D eigenvalue weighted by atomic mass is 10.0. The van der Waals surface area contributed by atoms with E-state index < -0.39 is 17.8 Å². The zero-order valence-corrected chi connectivity index (χ0v) is 20.1. The molecule has 1 aliphatic heterocycles. The van der Waals surface area contributed by atoms with Crippen LogP contribution in [0.2, 0.25) is 0 Å². The van der Waals surface area contributed by atoms with E-state index in [2.05, 4.69) is 10.6 Å². The number of anilines is 2. The molecule has 0 aliphatic carbocycles. The standard InChI is InChI=1S/C29H24N4O4/c1-2-19-10-6-8-14-24(19)33-28(36)23(27(35)31-29(33)37)16-20-17-32(25-15-9-7-13-22(20)25)18-26(34)30-21-11-4-3-5-12-21/h3-17H,2,18H2,1H3,(H,30,34)(H,31,35,37)/b23-16-. The molecule has 4 aromatic rings.